The summed E-state index contributed by atoms with van der Waals surface area (Å²) in [5, 5.41) is 21.2. The summed E-state index contributed by atoms with van der Waals surface area (Å²) in [6, 6.07) is 8.72. The van der Waals surface area contributed by atoms with Crippen molar-refractivity contribution >= 4 is 45.9 Å². The van der Waals surface area contributed by atoms with Gasteiger partial charge in [0.1, 0.15) is 12.4 Å². The van der Waals surface area contributed by atoms with Crippen molar-refractivity contribution in [1.82, 2.24) is 4.57 Å². The number of rotatable bonds is 6. The molecule has 2 amide bonds. The average molecular weight is 463 g/mol. The van der Waals surface area contributed by atoms with Crippen molar-refractivity contribution in [2.75, 3.05) is 33.1 Å². The number of anilines is 6. The standard InChI is InChI=1S/C19H23N8O4.ClH/c20-12-1-3-16(14(22)7-12)26(30)18(28)9-24-5-6-25(11-24)10-19(29)27(31)17-4-2-13(21)8-15(17)23;/h1-8,11,30-31H,9-10,20-23H2;1H/q+1;/p-1. The topological polar surface area (TPSA) is 194 Å². The number of nitrogens with two attached hydrogens (primary N) is 4. The third-order valence-corrected chi connectivity index (χ3v) is 4.41. The van der Waals surface area contributed by atoms with Crippen LogP contribution in [0.15, 0.2) is 55.1 Å². The summed E-state index contributed by atoms with van der Waals surface area (Å²) < 4.78 is 2.90. The monoisotopic (exact) mass is 462 g/mol. The summed E-state index contributed by atoms with van der Waals surface area (Å²) >= 11 is 0. The molecule has 2 aromatic carbocycles. The highest BCUT2D eigenvalue weighted by Gasteiger charge is 2.22. The van der Waals surface area contributed by atoms with Gasteiger partial charge in [0.25, 0.3) is 11.8 Å². The van der Waals surface area contributed by atoms with Gasteiger partial charge in [-0.1, -0.05) is 0 Å². The summed E-state index contributed by atoms with van der Waals surface area (Å²) in [7, 11) is 0. The van der Waals surface area contributed by atoms with Crippen molar-refractivity contribution < 1.29 is 37.0 Å². The number of amides is 2. The van der Waals surface area contributed by atoms with Crippen LogP contribution < -0.4 is 50.0 Å². The first-order chi connectivity index (χ1) is 14.7. The maximum atomic E-state index is 12.4. The van der Waals surface area contributed by atoms with E-state index in [1.54, 1.807) is 0 Å². The normalized spacial score (nSPS) is 10.3. The summed E-state index contributed by atoms with van der Waals surface area (Å²) in [5.41, 5.74) is 24.1. The molecule has 0 aliphatic rings. The number of carbonyl (C=O) groups is 2. The Morgan fingerprint density at radius 3 is 1.88 bits per heavy atom. The third kappa shape index (κ3) is 5.37. The van der Waals surface area contributed by atoms with Crippen LogP contribution in [0.25, 0.3) is 0 Å². The van der Waals surface area contributed by atoms with Gasteiger partial charge in [-0.2, -0.15) is 10.1 Å². The van der Waals surface area contributed by atoms with Gasteiger partial charge in [0.2, 0.25) is 6.33 Å². The number of halogens is 1. The zero-order valence-electron chi connectivity index (χ0n) is 16.8. The molecule has 0 unspecified atom stereocenters. The molecule has 12 nitrogen and oxygen atoms in total. The number of hydrogen-bond acceptors (Lipinski definition) is 8. The lowest BCUT2D eigenvalue weighted by Crippen LogP contribution is -3.00. The molecule has 0 fully saturated rings. The average Bonchev–Trinajstić information content (AvgIpc) is 3.13. The van der Waals surface area contributed by atoms with Gasteiger partial charge in [0.05, 0.1) is 22.7 Å². The number of benzene rings is 2. The van der Waals surface area contributed by atoms with Crippen LogP contribution in [-0.2, 0) is 22.7 Å². The highest BCUT2D eigenvalue weighted by Crippen LogP contribution is 2.25. The van der Waals surface area contributed by atoms with E-state index in [2.05, 4.69) is 0 Å². The predicted octanol–water partition coefficient (Wildman–Crippen LogP) is -3.05. The lowest BCUT2D eigenvalue weighted by Gasteiger charge is -2.16. The van der Waals surface area contributed by atoms with Gasteiger partial charge in [-0.05, 0) is 36.4 Å². The van der Waals surface area contributed by atoms with Crippen LogP contribution in [0.2, 0.25) is 0 Å². The molecule has 0 bridgehead atoms. The predicted molar refractivity (Wildman–Crippen MR) is 114 cm³/mol. The molecule has 0 saturated carbocycles. The van der Waals surface area contributed by atoms with Crippen molar-refractivity contribution in [3.63, 3.8) is 0 Å². The Morgan fingerprint density at radius 2 is 1.38 bits per heavy atom. The van der Waals surface area contributed by atoms with Crippen LogP contribution in [0.5, 0.6) is 0 Å². The highest BCUT2D eigenvalue weighted by molar-refractivity contribution is 5.95. The molecule has 0 atom stereocenters. The molecule has 1 heterocycles. The molecule has 10 N–H and O–H groups in total. The number of nitrogens with zero attached hydrogens (tertiary/aromatic N) is 4. The maximum Gasteiger partial charge on any atom is 0.292 e. The van der Waals surface area contributed by atoms with Crippen molar-refractivity contribution in [3.8, 4) is 0 Å². The van der Waals surface area contributed by atoms with Crippen molar-refractivity contribution in [2.45, 2.75) is 13.1 Å². The SMILES string of the molecule is Nc1ccc(N(O)C(=O)Cn2cc[n+](CC(=O)N(O)c3ccc(N)cc3N)c2)c(N)c1.[Cl-]. The molecular formula is C19H23ClN8O4. The lowest BCUT2D eigenvalue weighted by molar-refractivity contribution is -0.683. The number of imidazole rings is 1. The quantitative estimate of drug-likeness (QED) is 0.0961. The molecule has 1 aromatic heterocycles. The van der Waals surface area contributed by atoms with Crippen molar-refractivity contribution in [2.24, 2.45) is 0 Å². The fourth-order valence-corrected chi connectivity index (χ4v) is 2.87. The molecule has 0 spiro atoms. The second kappa shape index (κ2) is 9.87. The third-order valence-electron chi connectivity index (χ3n) is 4.41. The summed E-state index contributed by atoms with van der Waals surface area (Å²) in [5.74, 6) is -1.33. The first-order valence-corrected chi connectivity index (χ1v) is 9.04. The smallest absolute Gasteiger partial charge is 0.292 e. The summed E-state index contributed by atoms with van der Waals surface area (Å²) in [6.45, 7) is -0.454. The second-order valence-electron chi connectivity index (χ2n) is 6.81. The summed E-state index contributed by atoms with van der Waals surface area (Å²) in [4.78, 5) is 24.7. The summed E-state index contributed by atoms with van der Waals surface area (Å²) in [6.07, 6.45) is 4.53. The number of hydroxylamine groups is 2. The molecule has 0 aliphatic heterocycles. The molecule has 3 aromatic rings. The molecule has 170 valence electrons. The Bertz CT molecular complexity index is 1050. The van der Waals surface area contributed by atoms with Gasteiger partial charge in [-0.25, -0.2) is 9.13 Å². The molecular weight excluding hydrogens is 440 g/mol. The first kappa shape index (κ1) is 24.3. The van der Waals surface area contributed by atoms with Gasteiger partial charge in [-0.3, -0.25) is 20.0 Å². The molecule has 0 aliphatic carbocycles. The molecule has 32 heavy (non-hydrogen) atoms. The lowest BCUT2D eigenvalue weighted by atomic mass is 10.2. The van der Waals surface area contributed by atoms with Crippen LogP contribution in [0.1, 0.15) is 0 Å². The number of hydrogen-bond donors (Lipinski definition) is 6. The van der Waals surface area contributed by atoms with Gasteiger partial charge in [0, 0.05) is 11.4 Å². The minimum absolute atomic E-state index is 0. The zero-order chi connectivity index (χ0) is 22.7. The van der Waals surface area contributed by atoms with E-state index in [9.17, 15) is 20.0 Å². The van der Waals surface area contributed by atoms with E-state index in [0.29, 0.717) is 21.5 Å². The Morgan fingerprint density at radius 1 is 0.875 bits per heavy atom. The Balaban J connectivity index is 0.00000363. The number of carbonyl (C=O) groups excluding carboxylic acids is 2. The second-order valence-corrected chi connectivity index (χ2v) is 6.81. The van der Waals surface area contributed by atoms with Crippen LogP contribution in [0.4, 0.5) is 34.1 Å². The fraction of sp³-hybridized carbons (Fsp3) is 0.105. The van der Waals surface area contributed by atoms with Gasteiger partial charge in [0.15, 0.2) is 13.1 Å². The minimum Gasteiger partial charge on any atom is -1.00 e. The minimum atomic E-state index is -0.663. The van der Waals surface area contributed by atoms with E-state index in [0.717, 1.165) is 0 Å². The Hall–Kier alpha value is -4.00. The Labute approximate surface area is 189 Å². The maximum absolute atomic E-state index is 12.4. The van der Waals surface area contributed by atoms with E-state index >= 15 is 0 Å². The van der Waals surface area contributed by atoms with E-state index in [1.807, 2.05) is 0 Å². The van der Waals surface area contributed by atoms with E-state index < -0.39 is 11.8 Å². The first-order valence-electron chi connectivity index (χ1n) is 9.04. The Kier molecular flexibility index (Phi) is 7.49. The number of aromatic nitrogens is 2. The van der Waals surface area contributed by atoms with E-state index in [4.69, 9.17) is 22.9 Å². The van der Waals surface area contributed by atoms with E-state index in [1.165, 1.54) is 64.3 Å². The van der Waals surface area contributed by atoms with Crippen molar-refractivity contribution in [3.05, 3.63) is 55.1 Å². The van der Waals surface area contributed by atoms with Crippen LogP contribution in [0.3, 0.4) is 0 Å². The van der Waals surface area contributed by atoms with Gasteiger partial charge in [-0.15, -0.1) is 0 Å². The largest absolute Gasteiger partial charge is 1.00 e. The van der Waals surface area contributed by atoms with Gasteiger partial charge >= 0.3 is 0 Å². The number of nitrogen functional groups attached to an aromatic ring is 4. The van der Waals surface area contributed by atoms with Gasteiger partial charge < -0.3 is 35.3 Å². The highest BCUT2D eigenvalue weighted by atomic mass is 35.5. The van der Waals surface area contributed by atoms with Crippen molar-refractivity contribution in [1.29, 1.82) is 0 Å². The van der Waals surface area contributed by atoms with Crippen LogP contribution in [0, 0.1) is 0 Å². The van der Waals surface area contributed by atoms with E-state index in [-0.39, 0.29) is 48.2 Å². The molecule has 0 radical (unpaired) electrons. The molecule has 13 heteroatoms. The molecule has 3 rings (SSSR count). The van der Waals surface area contributed by atoms with Crippen LogP contribution in [-0.4, -0.2) is 26.8 Å². The fourth-order valence-electron chi connectivity index (χ4n) is 2.87. The van der Waals surface area contributed by atoms with Crippen LogP contribution >= 0.6 is 0 Å². The molecule has 0 saturated heterocycles. The zero-order valence-corrected chi connectivity index (χ0v) is 17.6.